The molecule has 138 valence electrons. The average Bonchev–Trinajstić information content (AvgIpc) is 3.18. The fourth-order valence-electron chi connectivity index (χ4n) is 4.29. The molecule has 0 saturated carbocycles. The molecule has 3 aromatic rings. The molecule has 1 heterocycles. The van der Waals surface area contributed by atoms with Gasteiger partial charge in [-0.25, -0.2) is 0 Å². The summed E-state index contributed by atoms with van der Waals surface area (Å²) in [5, 5.41) is 7.50. The van der Waals surface area contributed by atoms with E-state index in [-0.39, 0.29) is 0 Å². The summed E-state index contributed by atoms with van der Waals surface area (Å²) >= 11 is 0. The third-order valence-corrected chi connectivity index (χ3v) is 5.67. The molecule has 1 unspecified atom stereocenters. The molecule has 2 heteroatoms. The third kappa shape index (κ3) is 4.78. The molecular formula is C25H28N2. The molecule has 2 nitrogen and oxygen atoms in total. The number of hydrogen-bond acceptors (Lipinski definition) is 2. The first kappa shape index (κ1) is 17.8. The lowest BCUT2D eigenvalue weighted by molar-refractivity contribution is 0.362. The lowest BCUT2D eigenvalue weighted by Gasteiger charge is -2.30. The van der Waals surface area contributed by atoms with Crippen LogP contribution in [0.4, 0.5) is 5.69 Å². The first-order valence-corrected chi connectivity index (χ1v) is 9.98. The fourth-order valence-corrected chi connectivity index (χ4v) is 4.29. The number of nitrogens with one attached hydrogen (secondary N) is 2. The van der Waals surface area contributed by atoms with Gasteiger partial charge in [0.25, 0.3) is 0 Å². The predicted molar refractivity (Wildman–Crippen MR) is 114 cm³/mol. The van der Waals surface area contributed by atoms with Crippen molar-refractivity contribution in [3.63, 3.8) is 0 Å². The Bertz CT molecular complexity index is 760. The molecule has 0 amide bonds. The van der Waals surface area contributed by atoms with Crippen LogP contribution in [0, 0.1) is 11.8 Å². The van der Waals surface area contributed by atoms with E-state index in [1.165, 1.54) is 16.8 Å². The van der Waals surface area contributed by atoms with Gasteiger partial charge in [0.2, 0.25) is 0 Å². The summed E-state index contributed by atoms with van der Waals surface area (Å²) in [4.78, 5) is 0. The van der Waals surface area contributed by atoms with E-state index >= 15 is 0 Å². The van der Waals surface area contributed by atoms with Gasteiger partial charge < -0.3 is 10.6 Å². The molecule has 1 saturated heterocycles. The molecular weight excluding hydrogens is 328 g/mol. The van der Waals surface area contributed by atoms with Gasteiger partial charge in [0.15, 0.2) is 0 Å². The quantitative estimate of drug-likeness (QED) is 0.636. The van der Waals surface area contributed by atoms with Crippen molar-refractivity contribution in [3.8, 4) is 0 Å². The lowest BCUT2D eigenvalue weighted by atomic mass is 9.82. The molecule has 0 bridgehead atoms. The summed E-state index contributed by atoms with van der Waals surface area (Å²) in [7, 11) is 0. The topological polar surface area (TPSA) is 24.1 Å². The Morgan fingerprint density at radius 2 is 1.33 bits per heavy atom. The highest BCUT2D eigenvalue weighted by Gasteiger charge is 2.33. The normalized spacial score (nSPS) is 20.3. The van der Waals surface area contributed by atoms with Gasteiger partial charge >= 0.3 is 0 Å². The summed E-state index contributed by atoms with van der Waals surface area (Å²) in [6, 6.07) is 32.8. The van der Waals surface area contributed by atoms with E-state index in [1.807, 2.05) is 0 Å². The van der Waals surface area contributed by atoms with E-state index in [9.17, 15) is 0 Å². The van der Waals surface area contributed by atoms with Crippen molar-refractivity contribution >= 4 is 5.69 Å². The van der Waals surface area contributed by atoms with Crippen LogP contribution in [0.15, 0.2) is 91.0 Å². The molecule has 1 aliphatic rings. The van der Waals surface area contributed by atoms with Crippen molar-refractivity contribution in [1.29, 1.82) is 0 Å². The average molecular weight is 357 g/mol. The van der Waals surface area contributed by atoms with E-state index in [4.69, 9.17) is 0 Å². The lowest BCUT2D eigenvalue weighted by Crippen LogP contribution is -2.36. The Balaban J connectivity index is 1.54. The second kappa shape index (κ2) is 8.88. The van der Waals surface area contributed by atoms with E-state index in [1.54, 1.807) is 0 Å². The maximum atomic E-state index is 3.85. The second-order valence-electron chi connectivity index (χ2n) is 7.58. The highest BCUT2D eigenvalue weighted by molar-refractivity contribution is 5.44. The Hall–Kier alpha value is -2.58. The molecule has 4 rings (SSSR count). The van der Waals surface area contributed by atoms with Gasteiger partial charge in [-0.2, -0.15) is 0 Å². The zero-order valence-electron chi connectivity index (χ0n) is 15.7. The predicted octanol–water partition coefficient (Wildman–Crippen LogP) is 4.79. The van der Waals surface area contributed by atoms with E-state index in [0.717, 1.165) is 25.9 Å². The standard InChI is InChI=1S/C25H28N2/c1-4-10-20(11-5-1)16-22-18-26-19-24(22)25(17-21-12-6-2-7-13-21)27-23-14-8-3-9-15-23/h1-15,22,24-27H,16-19H2/t22-,24-,25?/m0/s1. The summed E-state index contributed by atoms with van der Waals surface area (Å²) in [5.74, 6) is 1.25. The molecule has 2 N–H and O–H groups in total. The molecule has 0 aliphatic carbocycles. The molecule has 0 radical (unpaired) electrons. The summed E-state index contributed by atoms with van der Waals surface area (Å²) in [5.41, 5.74) is 4.05. The number of anilines is 1. The van der Waals surface area contributed by atoms with Gasteiger partial charge in [0.05, 0.1) is 0 Å². The van der Waals surface area contributed by atoms with Crippen molar-refractivity contribution in [3.05, 3.63) is 102 Å². The fraction of sp³-hybridized carbons (Fsp3) is 0.280. The van der Waals surface area contributed by atoms with Crippen molar-refractivity contribution < 1.29 is 0 Å². The molecule has 27 heavy (non-hydrogen) atoms. The minimum Gasteiger partial charge on any atom is -0.382 e. The van der Waals surface area contributed by atoms with E-state index in [2.05, 4.69) is 102 Å². The highest BCUT2D eigenvalue weighted by Crippen LogP contribution is 2.28. The SMILES string of the molecule is c1ccc(CC(Nc2ccccc2)[C@H]2CNC[C@@H]2Cc2ccccc2)cc1. The van der Waals surface area contributed by atoms with Gasteiger partial charge in [0, 0.05) is 18.3 Å². The van der Waals surface area contributed by atoms with Gasteiger partial charge in [-0.05, 0) is 54.5 Å². The van der Waals surface area contributed by atoms with Crippen molar-refractivity contribution in [2.75, 3.05) is 18.4 Å². The number of benzene rings is 3. The smallest absolute Gasteiger partial charge is 0.0345 e. The van der Waals surface area contributed by atoms with Gasteiger partial charge in [-0.3, -0.25) is 0 Å². The van der Waals surface area contributed by atoms with Gasteiger partial charge in [-0.15, -0.1) is 0 Å². The minimum atomic E-state index is 0.415. The Morgan fingerprint density at radius 1 is 0.741 bits per heavy atom. The minimum absolute atomic E-state index is 0.415. The summed E-state index contributed by atoms with van der Waals surface area (Å²) < 4.78 is 0. The Kier molecular flexibility index (Phi) is 5.86. The molecule has 0 spiro atoms. The third-order valence-electron chi connectivity index (χ3n) is 5.67. The van der Waals surface area contributed by atoms with Crippen LogP contribution in [-0.2, 0) is 12.8 Å². The maximum absolute atomic E-state index is 3.85. The van der Waals surface area contributed by atoms with E-state index in [0.29, 0.717) is 17.9 Å². The second-order valence-corrected chi connectivity index (χ2v) is 7.58. The van der Waals surface area contributed by atoms with Crippen molar-refractivity contribution in [1.82, 2.24) is 5.32 Å². The van der Waals surface area contributed by atoms with Crippen molar-refractivity contribution in [2.24, 2.45) is 11.8 Å². The molecule has 0 aromatic heterocycles. The zero-order chi connectivity index (χ0) is 18.3. The summed E-state index contributed by atoms with van der Waals surface area (Å²) in [6.07, 6.45) is 2.19. The largest absolute Gasteiger partial charge is 0.382 e. The number of rotatable bonds is 7. The van der Waals surface area contributed by atoms with Crippen LogP contribution in [0.1, 0.15) is 11.1 Å². The summed E-state index contributed by atoms with van der Waals surface area (Å²) in [6.45, 7) is 2.18. The zero-order valence-corrected chi connectivity index (χ0v) is 15.7. The molecule has 1 fully saturated rings. The first-order valence-electron chi connectivity index (χ1n) is 9.98. The van der Waals surface area contributed by atoms with Crippen LogP contribution in [-0.4, -0.2) is 19.1 Å². The molecule has 3 atom stereocenters. The Labute approximate surface area is 162 Å². The van der Waals surface area contributed by atoms with Crippen LogP contribution in [0.25, 0.3) is 0 Å². The highest BCUT2D eigenvalue weighted by atomic mass is 15.0. The Morgan fingerprint density at radius 3 is 2.00 bits per heavy atom. The van der Waals surface area contributed by atoms with Crippen LogP contribution in [0.5, 0.6) is 0 Å². The monoisotopic (exact) mass is 356 g/mol. The van der Waals surface area contributed by atoms with Crippen molar-refractivity contribution in [2.45, 2.75) is 18.9 Å². The number of para-hydroxylation sites is 1. The van der Waals surface area contributed by atoms with Gasteiger partial charge in [-0.1, -0.05) is 78.9 Å². The van der Waals surface area contributed by atoms with E-state index < -0.39 is 0 Å². The first-order chi connectivity index (χ1) is 13.4. The van der Waals surface area contributed by atoms with Crippen LogP contribution < -0.4 is 10.6 Å². The number of hydrogen-bond donors (Lipinski definition) is 2. The maximum Gasteiger partial charge on any atom is 0.0345 e. The van der Waals surface area contributed by atoms with Crippen LogP contribution in [0.2, 0.25) is 0 Å². The van der Waals surface area contributed by atoms with Gasteiger partial charge in [0.1, 0.15) is 0 Å². The molecule has 3 aromatic carbocycles. The van der Waals surface area contributed by atoms with Crippen LogP contribution in [0.3, 0.4) is 0 Å². The molecule has 1 aliphatic heterocycles. The van der Waals surface area contributed by atoms with Crippen LogP contribution >= 0.6 is 0 Å².